The Labute approximate surface area is 181 Å². The highest BCUT2D eigenvalue weighted by Gasteiger charge is 2.31. The van der Waals surface area contributed by atoms with Gasteiger partial charge in [0.2, 0.25) is 0 Å². The van der Waals surface area contributed by atoms with Gasteiger partial charge in [0.1, 0.15) is 5.82 Å². The smallest absolute Gasteiger partial charge is 0.273 e. The third-order valence-corrected chi connectivity index (χ3v) is 6.36. The Morgan fingerprint density at radius 3 is 2.40 bits per heavy atom. The van der Waals surface area contributed by atoms with E-state index in [2.05, 4.69) is 27.1 Å². The molecular weight excluding hydrogens is 431 g/mol. The lowest BCUT2D eigenvalue weighted by Gasteiger charge is -2.14. The van der Waals surface area contributed by atoms with Gasteiger partial charge in [0.15, 0.2) is 10.3 Å². The van der Waals surface area contributed by atoms with Gasteiger partial charge in [0.05, 0.1) is 17.0 Å². The highest BCUT2D eigenvalue weighted by Crippen LogP contribution is 2.33. The summed E-state index contributed by atoms with van der Waals surface area (Å²) in [5, 5.41) is 9.95. The Kier molecular flexibility index (Phi) is 7.07. The van der Waals surface area contributed by atoms with Crippen molar-refractivity contribution in [1.82, 2.24) is 24.7 Å². The van der Waals surface area contributed by atoms with Crippen LogP contribution in [0.1, 0.15) is 43.0 Å². The lowest BCUT2D eigenvalue weighted by molar-refractivity contribution is -0.137. The molecule has 30 heavy (non-hydrogen) atoms. The van der Waals surface area contributed by atoms with Crippen molar-refractivity contribution in [2.24, 2.45) is 0 Å². The molecule has 2 heterocycles. The number of hydrogen-bond acceptors (Lipinski definition) is 6. The molecule has 0 aliphatic carbocycles. The minimum absolute atomic E-state index is 0.252. The number of hydrogen-bond donors (Lipinski definition) is 0. The van der Waals surface area contributed by atoms with E-state index in [-0.39, 0.29) is 5.25 Å². The summed E-state index contributed by atoms with van der Waals surface area (Å²) in [6.45, 7) is 7.89. The van der Waals surface area contributed by atoms with Crippen molar-refractivity contribution in [3.8, 4) is 5.69 Å². The molecule has 2 aromatic heterocycles. The number of aromatic nitrogens is 5. The summed E-state index contributed by atoms with van der Waals surface area (Å²) in [6.07, 6.45) is -3.52. The predicted molar refractivity (Wildman–Crippen MR) is 113 cm³/mol. The molecule has 160 valence electrons. The molecule has 0 unspecified atom stereocenters. The van der Waals surface area contributed by atoms with Gasteiger partial charge in [0.25, 0.3) is 0 Å². The first kappa shape index (κ1) is 22.6. The number of nitrogens with zero attached hydrogens (tertiary/aromatic N) is 5. The summed E-state index contributed by atoms with van der Waals surface area (Å²) >= 11 is 2.87. The summed E-state index contributed by atoms with van der Waals surface area (Å²) in [5.41, 5.74) is 1.40. The van der Waals surface area contributed by atoms with E-state index >= 15 is 0 Å². The third kappa shape index (κ3) is 5.54. The van der Waals surface area contributed by atoms with Crippen LogP contribution in [0.4, 0.5) is 13.2 Å². The van der Waals surface area contributed by atoms with Crippen LogP contribution in [0.3, 0.4) is 0 Å². The Bertz CT molecular complexity index is 1000. The van der Waals surface area contributed by atoms with Crippen LogP contribution < -0.4 is 0 Å². The summed E-state index contributed by atoms with van der Waals surface area (Å²) in [5.74, 6) is 0.931. The zero-order valence-corrected chi connectivity index (χ0v) is 18.7. The van der Waals surface area contributed by atoms with Crippen LogP contribution in [0.2, 0.25) is 0 Å². The highest BCUT2D eigenvalue weighted by molar-refractivity contribution is 7.99. The van der Waals surface area contributed by atoms with Crippen LogP contribution in [-0.4, -0.2) is 30.0 Å². The molecule has 5 nitrogen and oxygen atoms in total. The van der Waals surface area contributed by atoms with Crippen molar-refractivity contribution in [1.29, 1.82) is 0 Å². The van der Waals surface area contributed by atoms with E-state index in [0.29, 0.717) is 27.6 Å². The molecule has 0 N–H and O–H groups in total. The van der Waals surface area contributed by atoms with Gasteiger partial charge in [-0.25, -0.2) is 9.97 Å². The van der Waals surface area contributed by atoms with Crippen molar-refractivity contribution in [3.63, 3.8) is 0 Å². The Balaban J connectivity index is 1.98. The number of rotatable bonds is 7. The van der Waals surface area contributed by atoms with Gasteiger partial charge in [-0.2, -0.15) is 13.2 Å². The molecule has 10 heteroatoms. The standard InChI is InChI=1S/C20H22F3N5S2/c1-5-14(4)30-19-27-26-17(11-29-18-24-12(2)9-13(3)25-18)28(19)16-8-6-7-15(10-16)20(21,22)23/h6-10,14H,5,11H2,1-4H3/t14-/m1/s1. The minimum atomic E-state index is -4.42. The molecule has 0 saturated heterocycles. The molecule has 3 rings (SSSR count). The monoisotopic (exact) mass is 453 g/mol. The first-order chi connectivity index (χ1) is 14.2. The highest BCUT2D eigenvalue weighted by atomic mass is 32.2. The fourth-order valence-electron chi connectivity index (χ4n) is 2.70. The van der Waals surface area contributed by atoms with E-state index in [1.165, 1.54) is 29.6 Å². The molecule has 1 atom stereocenters. The number of thioether (sulfide) groups is 2. The predicted octanol–water partition coefficient (Wildman–Crippen LogP) is 5.88. The molecule has 0 radical (unpaired) electrons. The van der Waals surface area contributed by atoms with E-state index in [4.69, 9.17) is 0 Å². The Morgan fingerprint density at radius 1 is 1.07 bits per heavy atom. The van der Waals surface area contributed by atoms with E-state index in [1.807, 2.05) is 26.8 Å². The van der Waals surface area contributed by atoms with Crippen molar-refractivity contribution in [2.75, 3.05) is 0 Å². The van der Waals surface area contributed by atoms with Gasteiger partial charge in [-0.05, 0) is 44.5 Å². The van der Waals surface area contributed by atoms with Gasteiger partial charge < -0.3 is 0 Å². The fourth-order valence-corrected chi connectivity index (χ4v) is 4.49. The van der Waals surface area contributed by atoms with Gasteiger partial charge in [-0.15, -0.1) is 10.2 Å². The summed E-state index contributed by atoms with van der Waals surface area (Å²) < 4.78 is 41.5. The van der Waals surface area contributed by atoms with Gasteiger partial charge >= 0.3 is 6.18 Å². The maximum atomic E-state index is 13.3. The van der Waals surface area contributed by atoms with Crippen LogP contribution in [0, 0.1) is 13.8 Å². The molecule has 0 spiro atoms. The quantitative estimate of drug-likeness (QED) is 0.329. The Morgan fingerprint density at radius 2 is 1.77 bits per heavy atom. The molecule has 0 saturated carbocycles. The second-order valence-corrected chi connectivity index (χ2v) is 9.19. The first-order valence-corrected chi connectivity index (χ1v) is 11.3. The van der Waals surface area contributed by atoms with E-state index in [1.54, 1.807) is 10.6 Å². The van der Waals surface area contributed by atoms with Crippen LogP contribution >= 0.6 is 23.5 Å². The van der Waals surface area contributed by atoms with Crippen molar-refractivity contribution in [3.05, 3.63) is 53.1 Å². The third-order valence-electron chi connectivity index (χ3n) is 4.31. The molecule has 0 bridgehead atoms. The second kappa shape index (κ2) is 9.38. The van der Waals surface area contributed by atoms with Crippen molar-refractivity contribution < 1.29 is 13.2 Å². The van der Waals surface area contributed by atoms with Crippen LogP contribution in [0.15, 0.2) is 40.6 Å². The molecule has 1 aromatic carbocycles. The molecular formula is C20H22F3N5S2. The van der Waals surface area contributed by atoms with E-state index in [9.17, 15) is 13.2 Å². The van der Waals surface area contributed by atoms with Crippen molar-refractivity contribution >= 4 is 23.5 Å². The zero-order chi connectivity index (χ0) is 21.9. The number of halogens is 3. The molecule has 0 aliphatic rings. The van der Waals surface area contributed by atoms with Crippen molar-refractivity contribution in [2.45, 2.75) is 61.6 Å². The summed E-state index contributed by atoms with van der Waals surface area (Å²) in [6, 6.07) is 7.12. The van der Waals surface area contributed by atoms with E-state index in [0.717, 1.165) is 29.9 Å². The lowest BCUT2D eigenvalue weighted by atomic mass is 10.2. The maximum absolute atomic E-state index is 13.3. The van der Waals surface area contributed by atoms with Gasteiger partial charge in [-0.3, -0.25) is 4.57 Å². The average molecular weight is 454 g/mol. The molecule has 0 aliphatic heterocycles. The number of aryl methyl sites for hydroxylation is 2. The van der Waals surface area contributed by atoms with Crippen LogP contribution in [-0.2, 0) is 11.9 Å². The fraction of sp³-hybridized carbons (Fsp3) is 0.400. The normalized spacial score (nSPS) is 12.9. The number of alkyl halides is 3. The largest absolute Gasteiger partial charge is 0.416 e. The lowest BCUT2D eigenvalue weighted by Crippen LogP contribution is -2.08. The van der Waals surface area contributed by atoms with Crippen LogP contribution in [0.25, 0.3) is 5.69 Å². The van der Waals surface area contributed by atoms with E-state index < -0.39 is 11.7 Å². The topological polar surface area (TPSA) is 56.5 Å². The average Bonchev–Trinajstić information content (AvgIpc) is 3.07. The zero-order valence-electron chi connectivity index (χ0n) is 17.1. The Hall–Kier alpha value is -2.07. The summed E-state index contributed by atoms with van der Waals surface area (Å²) in [7, 11) is 0. The van der Waals surface area contributed by atoms with Gasteiger partial charge in [-0.1, -0.05) is 43.4 Å². The molecule has 0 fully saturated rings. The van der Waals surface area contributed by atoms with Crippen LogP contribution in [0.5, 0.6) is 0 Å². The SMILES string of the molecule is CC[C@@H](C)Sc1nnc(CSc2nc(C)cc(C)n2)n1-c1cccc(C(F)(F)F)c1. The maximum Gasteiger partial charge on any atom is 0.416 e. The first-order valence-electron chi connectivity index (χ1n) is 9.41. The number of benzene rings is 1. The molecule has 3 aromatic rings. The minimum Gasteiger partial charge on any atom is -0.273 e. The molecule has 0 amide bonds. The summed E-state index contributed by atoms with van der Waals surface area (Å²) in [4.78, 5) is 8.81. The van der Waals surface area contributed by atoms with Gasteiger partial charge in [0, 0.05) is 16.6 Å². The second-order valence-electron chi connectivity index (χ2n) is 6.84.